The van der Waals surface area contributed by atoms with E-state index >= 15 is 0 Å². The van der Waals surface area contributed by atoms with Gasteiger partial charge >= 0.3 is 6.16 Å². The van der Waals surface area contributed by atoms with Crippen LogP contribution in [0.5, 0.6) is 0 Å². The van der Waals surface area contributed by atoms with Crippen LogP contribution in [0.1, 0.15) is 38.5 Å². The molecule has 4 saturated carbocycles. The van der Waals surface area contributed by atoms with Crippen LogP contribution in [0.15, 0.2) is 0 Å². The van der Waals surface area contributed by atoms with E-state index in [2.05, 4.69) is 25.7 Å². The van der Waals surface area contributed by atoms with Gasteiger partial charge in [0.1, 0.15) is 5.60 Å². The number of ether oxygens (including phenoxy) is 1. The summed E-state index contributed by atoms with van der Waals surface area (Å²) in [7, 11) is 0. The Balaban J connectivity index is 1.84. The lowest BCUT2D eigenvalue weighted by molar-refractivity contribution is -0.161. The number of alkyl halides is 1. The van der Waals surface area contributed by atoms with E-state index in [1.165, 1.54) is 23.7 Å². The summed E-state index contributed by atoms with van der Waals surface area (Å²) in [4.78, 5) is 11.4. The molecule has 0 N–H and O–H groups in total. The Bertz CT molecular complexity index is 331. The average Bonchev–Trinajstić information content (AvgIpc) is 2.26. The van der Waals surface area contributed by atoms with Gasteiger partial charge in [-0.25, -0.2) is 4.79 Å². The van der Waals surface area contributed by atoms with Gasteiger partial charge in [0.2, 0.25) is 0 Å². The van der Waals surface area contributed by atoms with E-state index in [9.17, 15) is 4.79 Å². The second-order valence-corrected chi connectivity index (χ2v) is 7.41. The average molecular weight is 462 g/mol. The molecular formula is C12H16I2O3. The first-order valence-corrected chi connectivity index (χ1v) is 8.57. The molecule has 0 aliphatic heterocycles. The summed E-state index contributed by atoms with van der Waals surface area (Å²) in [5.74, 6) is 1.54. The van der Waals surface area contributed by atoms with Crippen LogP contribution >= 0.6 is 45.6 Å². The van der Waals surface area contributed by atoms with Gasteiger partial charge in [-0.05, 0) is 55.8 Å². The topological polar surface area (TPSA) is 35.5 Å². The maximum Gasteiger partial charge on any atom is 0.518 e. The maximum absolute atomic E-state index is 11.4. The number of carbonyl (C=O) groups is 1. The smallest absolute Gasteiger partial charge is 0.427 e. The SMILES string of the molecule is O=C(OI)OC12CC3CC(CC(CI)(C3)C1)C2. The largest absolute Gasteiger partial charge is 0.518 e. The van der Waals surface area contributed by atoms with Crippen LogP contribution < -0.4 is 0 Å². The van der Waals surface area contributed by atoms with Crippen LogP contribution in [0, 0.1) is 17.3 Å². The van der Waals surface area contributed by atoms with E-state index < -0.39 is 6.16 Å². The summed E-state index contributed by atoms with van der Waals surface area (Å²) in [6.07, 6.45) is 6.72. The van der Waals surface area contributed by atoms with Gasteiger partial charge in [0.25, 0.3) is 0 Å². The molecule has 0 saturated heterocycles. The summed E-state index contributed by atoms with van der Waals surface area (Å²) in [6.45, 7) is 0. The lowest BCUT2D eigenvalue weighted by atomic mass is 9.48. The lowest BCUT2D eigenvalue weighted by Gasteiger charge is -2.60. The standard InChI is InChI=1S/C12H16I2O3/c13-7-11-2-8-1-9(3-11)5-12(4-8,6-11)16-10(15)17-14/h8-9H,1-7H2. The predicted molar refractivity (Wildman–Crippen MR) is 80.3 cm³/mol. The first-order valence-electron chi connectivity index (χ1n) is 6.16. The lowest BCUT2D eigenvalue weighted by Crippen LogP contribution is -2.57. The minimum absolute atomic E-state index is 0.197. The van der Waals surface area contributed by atoms with Crippen molar-refractivity contribution in [2.75, 3.05) is 4.43 Å². The molecule has 0 heterocycles. The van der Waals surface area contributed by atoms with Crippen molar-refractivity contribution < 1.29 is 12.6 Å². The van der Waals surface area contributed by atoms with Crippen LogP contribution in [0.2, 0.25) is 0 Å². The van der Waals surface area contributed by atoms with Crippen molar-refractivity contribution in [3.63, 3.8) is 0 Å². The van der Waals surface area contributed by atoms with Crippen LogP contribution in [0.3, 0.4) is 0 Å². The molecule has 2 atom stereocenters. The number of hydrogen-bond acceptors (Lipinski definition) is 3. The van der Waals surface area contributed by atoms with Gasteiger partial charge in [0, 0.05) is 4.43 Å². The third-order valence-electron chi connectivity index (χ3n) is 4.77. The van der Waals surface area contributed by atoms with Crippen molar-refractivity contribution in [2.45, 2.75) is 44.1 Å². The Morgan fingerprint density at radius 2 is 1.88 bits per heavy atom. The number of halogens is 2. The van der Waals surface area contributed by atoms with E-state index in [0.29, 0.717) is 5.41 Å². The Kier molecular flexibility index (Phi) is 3.29. The second kappa shape index (κ2) is 4.38. The molecule has 4 rings (SSSR count). The van der Waals surface area contributed by atoms with Crippen LogP contribution in [0.25, 0.3) is 0 Å². The molecule has 0 aromatic rings. The van der Waals surface area contributed by atoms with Gasteiger partial charge in [0.15, 0.2) is 23.0 Å². The highest BCUT2D eigenvalue weighted by Crippen LogP contribution is 2.63. The molecule has 4 aliphatic rings. The summed E-state index contributed by atoms with van der Waals surface area (Å²) in [6, 6.07) is 0. The van der Waals surface area contributed by atoms with E-state index in [-0.39, 0.29) is 5.60 Å². The zero-order chi connectivity index (χ0) is 12.1. The Morgan fingerprint density at radius 1 is 1.24 bits per heavy atom. The molecule has 0 radical (unpaired) electrons. The fourth-order valence-electron chi connectivity index (χ4n) is 4.83. The van der Waals surface area contributed by atoms with Gasteiger partial charge in [-0.3, -0.25) is 0 Å². The first-order chi connectivity index (χ1) is 8.09. The van der Waals surface area contributed by atoms with Crippen LogP contribution in [0.4, 0.5) is 4.79 Å². The Morgan fingerprint density at radius 3 is 2.41 bits per heavy atom. The van der Waals surface area contributed by atoms with E-state index in [4.69, 9.17) is 4.74 Å². The second-order valence-electron chi connectivity index (χ2n) is 6.21. The Labute approximate surface area is 129 Å². The third kappa shape index (κ3) is 2.19. The molecule has 96 valence electrons. The summed E-state index contributed by atoms with van der Waals surface area (Å²) in [5, 5.41) is 0. The first kappa shape index (κ1) is 12.7. The molecule has 0 aromatic carbocycles. The molecule has 5 heteroatoms. The quantitative estimate of drug-likeness (QED) is 0.350. The molecule has 4 bridgehead atoms. The normalized spacial score (nSPS) is 46.9. The summed E-state index contributed by atoms with van der Waals surface area (Å²) < 4.78 is 11.5. The minimum atomic E-state index is -0.504. The van der Waals surface area contributed by atoms with E-state index in [1.807, 2.05) is 0 Å². The fraction of sp³-hybridized carbons (Fsp3) is 0.917. The number of rotatable bonds is 2. The van der Waals surface area contributed by atoms with Crippen molar-refractivity contribution in [1.29, 1.82) is 0 Å². The molecule has 4 aliphatic carbocycles. The number of hydrogen-bond donors (Lipinski definition) is 0. The molecule has 3 nitrogen and oxygen atoms in total. The van der Waals surface area contributed by atoms with E-state index in [0.717, 1.165) is 31.1 Å². The molecule has 0 spiro atoms. The predicted octanol–water partition coefficient (Wildman–Crippen LogP) is 4.26. The summed E-state index contributed by atoms with van der Waals surface area (Å²) >= 11 is 4.12. The molecule has 17 heavy (non-hydrogen) atoms. The third-order valence-corrected chi connectivity index (χ3v) is 6.75. The molecular weight excluding hydrogens is 446 g/mol. The molecule has 0 aromatic heterocycles. The molecule has 2 unspecified atom stereocenters. The van der Waals surface area contributed by atoms with Gasteiger partial charge < -0.3 is 7.80 Å². The van der Waals surface area contributed by atoms with Crippen molar-refractivity contribution in [2.24, 2.45) is 17.3 Å². The van der Waals surface area contributed by atoms with Crippen LogP contribution in [-0.4, -0.2) is 16.2 Å². The van der Waals surface area contributed by atoms with Gasteiger partial charge in [-0.1, -0.05) is 22.6 Å². The highest BCUT2D eigenvalue weighted by atomic mass is 127. The fourth-order valence-corrected chi connectivity index (χ4v) is 5.82. The van der Waals surface area contributed by atoms with Crippen LogP contribution in [-0.2, 0) is 7.80 Å². The highest BCUT2D eigenvalue weighted by molar-refractivity contribution is 14.1. The van der Waals surface area contributed by atoms with Crippen molar-refractivity contribution in [3.05, 3.63) is 0 Å². The summed E-state index contributed by atoms with van der Waals surface area (Å²) in [5.41, 5.74) is 0.244. The van der Waals surface area contributed by atoms with E-state index in [1.54, 1.807) is 23.0 Å². The molecule has 0 amide bonds. The van der Waals surface area contributed by atoms with Gasteiger partial charge in [0.05, 0.1) is 0 Å². The zero-order valence-electron chi connectivity index (χ0n) is 9.59. The maximum atomic E-state index is 11.4. The van der Waals surface area contributed by atoms with Crippen molar-refractivity contribution in [1.82, 2.24) is 0 Å². The highest BCUT2D eigenvalue weighted by Gasteiger charge is 2.59. The van der Waals surface area contributed by atoms with Crippen molar-refractivity contribution in [3.8, 4) is 0 Å². The Hall–Kier alpha value is 0.730. The minimum Gasteiger partial charge on any atom is -0.427 e. The van der Waals surface area contributed by atoms with Crippen molar-refractivity contribution >= 4 is 51.8 Å². The van der Waals surface area contributed by atoms with Gasteiger partial charge in [-0.2, -0.15) is 0 Å². The van der Waals surface area contributed by atoms with Gasteiger partial charge in [-0.15, -0.1) is 0 Å². The monoisotopic (exact) mass is 462 g/mol. The zero-order valence-corrected chi connectivity index (χ0v) is 13.9. The number of carbonyl (C=O) groups excluding carboxylic acids is 1. The molecule has 4 fully saturated rings.